The Balaban J connectivity index is 2.32. The molecule has 0 atom stereocenters. The third-order valence-electron chi connectivity index (χ3n) is 1.99. The molecule has 0 bridgehead atoms. The maximum atomic E-state index is 4.37. The predicted octanol–water partition coefficient (Wildman–Crippen LogP) is 1.31. The summed E-state index contributed by atoms with van der Waals surface area (Å²) >= 11 is 0. The summed E-state index contributed by atoms with van der Waals surface area (Å²) in [6, 6.07) is 1.87. The fraction of sp³-hybridized carbons (Fsp3) is 0.300. The van der Waals surface area contributed by atoms with Gasteiger partial charge in [0.05, 0.1) is 11.9 Å². The smallest absolute Gasteiger partial charge is 0.223 e. The molecule has 0 spiro atoms. The molecular weight excluding hydrogens is 190 g/mol. The summed E-state index contributed by atoms with van der Waals surface area (Å²) in [4.78, 5) is 8.48. The molecule has 2 heterocycles. The zero-order valence-electron chi connectivity index (χ0n) is 8.81. The van der Waals surface area contributed by atoms with Gasteiger partial charge in [0.2, 0.25) is 5.95 Å². The van der Waals surface area contributed by atoms with E-state index in [1.807, 2.05) is 26.2 Å². The van der Waals surface area contributed by atoms with Crippen LogP contribution in [0.15, 0.2) is 24.7 Å². The van der Waals surface area contributed by atoms with E-state index in [-0.39, 0.29) is 0 Å². The van der Waals surface area contributed by atoms with Crippen LogP contribution in [0, 0.1) is 0 Å². The van der Waals surface area contributed by atoms with Gasteiger partial charge in [-0.2, -0.15) is 5.10 Å². The lowest BCUT2D eigenvalue weighted by molar-refractivity contribution is 0.768. The Hall–Kier alpha value is -1.91. The van der Waals surface area contributed by atoms with Crippen LogP contribution in [-0.4, -0.2) is 26.3 Å². The van der Waals surface area contributed by atoms with E-state index in [1.54, 1.807) is 17.1 Å². The second-order valence-electron chi connectivity index (χ2n) is 3.20. The van der Waals surface area contributed by atoms with Gasteiger partial charge in [0.15, 0.2) is 0 Å². The zero-order chi connectivity index (χ0) is 10.7. The normalized spacial score (nSPS) is 10.3. The van der Waals surface area contributed by atoms with Crippen molar-refractivity contribution in [1.82, 2.24) is 19.7 Å². The van der Waals surface area contributed by atoms with Gasteiger partial charge in [-0.05, 0) is 13.0 Å². The molecule has 0 fully saturated rings. The quantitative estimate of drug-likeness (QED) is 0.817. The van der Waals surface area contributed by atoms with E-state index in [0.717, 1.165) is 17.8 Å². The Kier molecular flexibility index (Phi) is 2.62. The highest BCUT2D eigenvalue weighted by molar-refractivity contribution is 5.57. The van der Waals surface area contributed by atoms with Crippen molar-refractivity contribution in [1.29, 1.82) is 0 Å². The van der Waals surface area contributed by atoms with E-state index >= 15 is 0 Å². The lowest BCUT2D eigenvalue weighted by atomic mass is 10.2. The minimum Gasteiger partial charge on any atom is -0.354 e. The second kappa shape index (κ2) is 4.08. The number of hydrogen-bond acceptors (Lipinski definition) is 4. The van der Waals surface area contributed by atoms with Crippen LogP contribution >= 0.6 is 0 Å². The minimum absolute atomic E-state index is 0.652. The monoisotopic (exact) mass is 203 g/mol. The van der Waals surface area contributed by atoms with Crippen LogP contribution < -0.4 is 5.32 Å². The Morgan fingerprint density at radius 3 is 3.00 bits per heavy atom. The SMILES string of the molecule is CCNc1nccc(-c2cnn(C)c2)n1. The van der Waals surface area contributed by atoms with Crippen molar-refractivity contribution in [2.45, 2.75) is 6.92 Å². The van der Waals surface area contributed by atoms with Crippen molar-refractivity contribution < 1.29 is 0 Å². The molecular formula is C10H13N5. The van der Waals surface area contributed by atoms with Gasteiger partial charge in [0, 0.05) is 31.5 Å². The molecule has 2 rings (SSSR count). The predicted molar refractivity (Wildman–Crippen MR) is 58.4 cm³/mol. The molecule has 78 valence electrons. The van der Waals surface area contributed by atoms with Gasteiger partial charge in [-0.1, -0.05) is 0 Å². The van der Waals surface area contributed by atoms with Crippen molar-refractivity contribution in [2.24, 2.45) is 7.05 Å². The van der Waals surface area contributed by atoms with Gasteiger partial charge in [-0.3, -0.25) is 4.68 Å². The molecule has 0 radical (unpaired) electrons. The first kappa shape index (κ1) is 9.64. The average Bonchev–Trinajstić information content (AvgIpc) is 2.66. The molecule has 5 heteroatoms. The van der Waals surface area contributed by atoms with Crippen molar-refractivity contribution in [3.05, 3.63) is 24.7 Å². The Bertz CT molecular complexity index is 449. The summed E-state index contributed by atoms with van der Waals surface area (Å²) in [5.41, 5.74) is 1.88. The van der Waals surface area contributed by atoms with E-state index < -0.39 is 0 Å². The van der Waals surface area contributed by atoms with Gasteiger partial charge < -0.3 is 5.32 Å². The van der Waals surface area contributed by atoms with E-state index in [0.29, 0.717) is 5.95 Å². The summed E-state index contributed by atoms with van der Waals surface area (Å²) in [6.45, 7) is 2.83. The zero-order valence-corrected chi connectivity index (χ0v) is 8.81. The largest absolute Gasteiger partial charge is 0.354 e. The fourth-order valence-electron chi connectivity index (χ4n) is 1.32. The Morgan fingerprint density at radius 1 is 1.47 bits per heavy atom. The maximum absolute atomic E-state index is 4.37. The number of anilines is 1. The summed E-state index contributed by atoms with van der Waals surface area (Å²) < 4.78 is 1.75. The molecule has 1 N–H and O–H groups in total. The van der Waals surface area contributed by atoms with E-state index in [2.05, 4.69) is 20.4 Å². The standard InChI is InChI=1S/C10H13N5/c1-3-11-10-12-5-4-9(14-10)8-6-13-15(2)7-8/h4-7H,3H2,1-2H3,(H,11,12,14). The number of hydrogen-bond donors (Lipinski definition) is 1. The Labute approximate surface area is 88.2 Å². The van der Waals surface area contributed by atoms with Crippen LogP contribution in [-0.2, 0) is 7.05 Å². The third kappa shape index (κ3) is 2.12. The summed E-state index contributed by atoms with van der Waals surface area (Å²) in [7, 11) is 1.88. The molecule has 2 aromatic rings. The van der Waals surface area contributed by atoms with Gasteiger partial charge in [-0.25, -0.2) is 9.97 Å². The van der Waals surface area contributed by atoms with E-state index in [9.17, 15) is 0 Å². The van der Waals surface area contributed by atoms with Crippen molar-refractivity contribution >= 4 is 5.95 Å². The number of aromatic nitrogens is 4. The van der Waals surface area contributed by atoms with Gasteiger partial charge >= 0.3 is 0 Å². The molecule has 0 saturated heterocycles. The molecule has 5 nitrogen and oxygen atoms in total. The first-order valence-corrected chi connectivity index (χ1v) is 4.85. The summed E-state index contributed by atoms with van der Waals surface area (Å²) in [5, 5.41) is 7.18. The highest BCUT2D eigenvalue weighted by atomic mass is 15.2. The highest BCUT2D eigenvalue weighted by Gasteiger charge is 2.02. The average molecular weight is 203 g/mol. The van der Waals surface area contributed by atoms with Gasteiger partial charge in [0.25, 0.3) is 0 Å². The molecule has 0 amide bonds. The van der Waals surface area contributed by atoms with Crippen molar-refractivity contribution in [3.63, 3.8) is 0 Å². The number of rotatable bonds is 3. The van der Waals surface area contributed by atoms with Gasteiger partial charge in [0.1, 0.15) is 0 Å². The number of nitrogens with one attached hydrogen (secondary N) is 1. The van der Waals surface area contributed by atoms with Crippen molar-refractivity contribution in [2.75, 3.05) is 11.9 Å². The number of aryl methyl sites for hydroxylation is 1. The lowest BCUT2D eigenvalue weighted by Gasteiger charge is -2.01. The molecule has 0 aliphatic rings. The topological polar surface area (TPSA) is 55.6 Å². The molecule has 0 saturated carbocycles. The van der Waals surface area contributed by atoms with Crippen molar-refractivity contribution in [3.8, 4) is 11.3 Å². The molecule has 0 aliphatic heterocycles. The van der Waals surface area contributed by atoms with Crippen LogP contribution in [0.25, 0.3) is 11.3 Å². The van der Waals surface area contributed by atoms with E-state index in [1.165, 1.54) is 0 Å². The molecule has 2 aromatic heterocycles. The molecule has 15 heavy (non-hydrogen) atoms. The van der Waals surface area contributed by atoms with Crippen LogP contribution in [0.5, 0.6) is 0 Å². The first-order chi connectivity index (χ1) is 7.29. The van der Waals surface area contributed by atoms with E-state index in [4.69, 9.17) is 0 Å². The minimum atomic E-state index is 0.652. The van der Waals surface area contributed by atoms with Crippen LogP contribution in [0.3, 0.4) is 0 Å². The first-order valence-electron chi connectivity index (χ1n) is 4.85. The molecule has 0 aliphatic carbocycles. The summed E-state index contributed by atoms with van der Waals surface area (Å²) in [6.07, 6.45) is 5.46. The van der Waals surface area contributed by atoms with Crippen LogP contribution in [0.4, 0.5) is 5.95 Å². The maximum Gasteiger partial charge on any atom is 0.223 e. The van der Waals surface area contributed by atoms with Crippen LogP contribution in [0.2, 0.25) is 0 Å². The second-order valence-corrected chi connectivity index (χ2v) is 3.20. The third-order valence-corrected chi connectivity index (χ3v) is 1.99. The number of nitrogens with zero attached hydrogens (tertiary/aromatic N) is 4. The highest BCUT2D eigenvalue weighted by Crippen LogP contribution is 2.15. The summed E-state index contributed by atoms with van der Waals surface area (Å²) in [5.74, 6) is 0.652. The lowest BCUT2D eigenvalue weighted by Crippen LogP contribution is -2.01. The Morgan fingerprint density at radius 2 is 2.33 bits per heavy atom. The molecule has 0 aromatic carbocycles. The van der Waals surface area contributed by atoms with Gasteiger partial charge in [-0.15, -0.1) is 0 Å². The van der Waals surface area contributed by atoms with Crippen LogP contribution in [0.1, 0.15) is 6.92 Å². The molecule has 0 unspecified atom stereocenters. The fourth-order valence-corrected chi connectivity index (χ4v) is 1.32.